The van der Waals surface area contributed by atoms with Crippen molar-refractivity contribution in [3.05, 3.63) is 96.1 Å². The molecular formula is C21H19N3OS. The van der Waals surface area contributed by atoms with E-state index in [1.54, 1.807) is 6.21 Å². The first-order valence-corrected chi connectivity index (χ1v) is 9.14. The Morgan fingerprint density at radius 3 is 2.35 bits per heavy atom. The predicted octanol–water partition coefficient (Wildman–Crippen LogP) is 5.06. The first-order valence-electron chi connectivity index (χ1n) is 8.16. The number of ether oxygens (including phenoxy) is 1. The highest BCUT2D eigenvalue weighted by Gasteiger charge is 1.98. The summed E-state index contributed by atoms with van der Waals surface area (Å²) in [5.41, 5.74) is 7.98. The highest BCUT2D eigenvalue weighted by atomic mass is 32.2. The van der Waals surface area contributed by atoms with Gasteiger partial charge in [-0.15, -0.1) is 5.10 Å². The van der Waals surface area contributed by atoms with Crippen LogP contribution in [0, 0.1) is 0 Å². The second-order valence-electron chi connectivity index (χ2n) is 5.44. The normalized spacial score (nSPS) is 11.6. The lowest BCUT2D eigenvalue weighted by Crippen LogP contribution is -2.05. The van der Waals surface area contributed by atoms with Crippen molar-refractivity contribution in [3.63, 3.8) is 0 Å². The van der Waals surface area contributed by atoms with Gasteiger partial charge in [-0.3, -0.25) is 0 Å². The molecule has 0 spiro atoms. The largest absolute Gasteiger partial charge is 0.457 e. The molecule has 0 aliphatic heterocycles. The highest BCUT2D eigenvalue weighted by molar-refractivity contribution is 8.13. The fourth-order valence-electron chi connectivity index (χ4n) is 2.20. The summed E-state index contributed by atoms with van der Waals surface area (Å²) in [6.45, 7) is 0. The van der Waals surface area contributed by atoms with Crippen LogP contribution in [0.15, 0.2) is 95.1 Å². The Hall–Kier alpha value is -3.05. The summed E-state index contributed by atoms with van der Waals surface area (Å²) >= 11 is 1.46. The molecule has 3 rings (SSSR count). The third-order valence-electron chi connectivity index (χ3n) is 3.43. The van der Waals surface area contributed by atoms with Gasteiger partial charge < -0.3 is 10.5 Å². The summed E-state index contributed by atoms with van der Waals surface area (Å²) in [5, 5.41) is 8.53. The molecule has 0 bridgehead atoms. The molecule has 0 fully saturated rings. The van der Waals surface area contributed by atoms with Crippen molar-refractivity contribution in [3.8, 4) is 11.5 Å². The Kier molecular flexibility index (Phi) is 6.45. The molecule has 26 heavy (non-hydrogen) atoms. The number of nitrogens with two attached hydrogens (primary N) is 1. The fraction of sp³-hybridized carbons (Fsp3) is 0.0476. The maximum atomic E-state index is 5.89. The zero-order chi connectivity index (χ0) is 18.0. The zero-order valence-corrected chi connectivity index (χ0v) is 15.0. The number of amidine groups is 1. The van der Waals surface area contributed by atoms with Crippen LogP contribution in [0.1, 0.15) is 11.1 Å². The van der Waals surface area contributed by atoms with Crippen molar-refractivity contribution in [2.24, 2.45) is 15.9 Å². The SMILES string of the molecule is NC(=NN=Cc1cccc(Oc2ccccc2)c1)SCc1ccccc1. The van der Waals surface area contributed by atoms with Crippen LogP contribution in [0.25, 0.3) is 0 Å². The zero-order valence-electron chi connectivity index (χ0n) is 14.2. The number of benzene rings is 3. The number of thioether (sulfide) groups is 1. The van der Waals surface area contributed by atoms with Gasteiger partial charge in [0.15, 0.2) is 5.17 Å². The molecule has 0 aromatic heterocycles. The van der Waals surface area contributed by atoms with E-state index in [1.165, 1.54) is 17.3 Å². The fourth-order valence-corrected chi connectivity index (χ4v) is 2.81. The van der Waals surface area contributed by atoms with Gasteiger partial charge in [0.05, 0.1) is 6.21 Å². The lowest BCUT2D eigenvalue weighted by Gasteiger charge is -2.05. The lowest BCUT2D eigenvalue weighted by atomic mass is 10.2. The van der Waals surface area contributed by atoms with Gasteiger partial charge in [-0.2, -0.15) is 5.10 Å². The number of hydrogen-bond acceptors (Lipinski definition) is 4. The average Bonchev–Trinajstić information content (AvgIpc) is 2.68. The summed E-state index contributed by atoms with van der Waals surface area (Å²) in [5.74, 6) is 2.31. The van der Waals surface area contributed by atoms with E-state index in [0.29, 0.717) is 5.17 Å². The lowest BCUT2D eigenvalue weighted by molar-refractivity contribution is 0.482. The van der Waals surface area contributed by atoms with Gasteiger partial charge in [0.1, 0.15) is 11.5 Å². The molecule has 0 unspecified atom stereocenters. The molecule has 0 aliphatic carbocycles. The molecule has 0 saturated heterocycles. The van der Waals surface area contributed by atoms with E-state index >= 15 is 0 Å². The molecule has 0 radical (unpaired) electrons. The molecular weight excluding hydrogens is 342 g/mol. The molecule has 3 aromatic carbocycles. The number of hydrogen-bond donors (Lipinski definition) is 1. The molecule has 3 aromatic rings. The minimum Gasteiger partial charge on any atom is -0.457 e. The second kappa shape index (κ2) is 9.44. The van der Waals surface area contributed by atoms with Crippen LogP contribution >= 0.6 is 11.8 Å². The standard InChI is InChI=1S/C21H19N3OS/c22-21(26-16-17-8-3-1-4-9-17)24-23-15-18-10-7-13-20(14-18)25-19-11-5-2-6-12-19/h1-15H,16H2,(H2,22,24). The Morgan fingerprint density at radius 2 is 1.58 bits per heavy atom. The summed E-state index contributed by atoms with van der Waals surface area (Å²) in [7, 11) is 0. The van der Waals surface area contributed by atoms with E-state index in [1.807, 2.05) is 72.8 Å². The van der Waals surface area contributed by atoms with Crippen LogP contribution in [-0.2, 0) is 5.75 Å². The van der Waals surface area contributed by atoms with Gasteiger partial charge >= 0.3 is 0 Å². The molecule has 2 N–H and O–H groups in total. The van der Waals surface area contributed by atoms with Gasteiger partial charge in [-0.25, -0.2) is 0 Å². The van der Waals surface area contributed by atoms with Crippen molar-refractivity contribution < 1.29 is 4.74 Å². The maximum absolute atomic E-state index is 5.89. The first kappa shape index (κ1) is 17.8. The number of nitrogens with zero attached hydrogens (tertiary/aromatic N) is 2. The van der Waals surface area contributed by atoms with E-state index < -0.39 is 0 Å². The smallest absolute Gasteiger partial charge is 0.180 e. The van der Waals surface area contributed by atoms with Gasteiger partial charge in [0, 0.05) is 5.75 Å². The second-order valence-corrected chi connectivity index (χ2v) is 6.44. The van der Waals surface area contributed by atoms with Gasteiger partial charge in [0.2, 0.25) is 0 Å². The number of para-hydroxylation sites is 1. The van der Waals surface area contributed by atoms with Gasteiger partial charge in [0.25, 0.3) is 0 Å². The third kappa shape index (κ3) is 5.79. The highest BCUT2D eigenvalue weighted by Crippen LogP contribution is 2.21. The van der Waals surface area contributed by atoms with Crippen LogP contribution in [0.3, 0.4) is 0 Å². The molecule has 5 heteroatoms. The predicted molar refractivity (Wildman–Crippen MR) is 110 cm³/mol. The van der Waals surface area contributed by atoms with E-state index in [2.05, 4.69) is 22.3 Å². The van der Waals surface area contributed by atoms with Gasteiger partial charge in [-0.1, -0.05) is 72.4 Å². The minimum atomic E-state index is 0.432. The molecule has 130 valence electrons. The quantitative estimate of drug-likeness (QED) is 0.379. The van der Waals surface area contributed by atoms with Crippen molar-refractivity contribution in [2.45, 2.75) is 5.75 Å². The molecule has 4 nitrogen and oxygen atoms in total. The van der Waals surface area contributed by atoms with Crippen LogP contribution in [0.5, 0.6) is 11.5 Å². The Bertz CT molecular complexity index is 880. The topological polar surface area (TPSA) is 60.0 Å². The molecule has 0 atom stereocenters. The molecule has 0 aliphatic rings. The molecule has 0 amide bonds. The van der Waals surface area contributed by atoms with E-state index in [9.17, 15) is 0 Å². The third-order valence-corrected chi connectivity index (χ3v) is 4.28. The van der Waals surface area contributed by atoms with Crippen molar-refractivity contribution in [1.29, 1.82) is 0 Å². The summed E-state index contributed by atoms with van der Waals surface area (Å²) in [6, 6.07) is 27.4. The first-order chi connectivity index (χ1) is 12.8. The van der Waals surface area contributed by atoms with E-state index in [-0.39, 0.29) is 0 Å². The summed E-state index contributed by atoms with van der Waals surface area (Å²) in [6.07, 6.45) is 1.66. The minimum absolute atomic E-state index is 0.432. The molecule has 0 heterocycles. The van der Waals surface area contributed by atoms with Crippen LogP contribution in [0.4, 0.5) is 0 Å². The van der Waals surface area contributed by atoms with Crippen molar-refractivity contribution >= 4 is 23.1 Å². The van der Waals surface area contributed by atoms with Gasteiger partial charge in [-0.05, 0) is 35.4 Å². The van der Waals surface area contributed by atoms with Crippen LogP contribution in [-0.4, -0.2) is 11.4 Å². The van der Waals surface area contributed by atoms with E-state index in [0.717, 1.165) is 22.8 Å². The molecule has 0 saturated carbocycles. The van der Waals surface area contributed by atoms with Crippen molar-refractivity contribution in [1.82, 2.24) is 0 Å². The maximum Gasteiger partial charge on any atom is 0.180 e. The number of rotatable bonds is 6. The van der Waals surface area contributed by atoms with E-state index in [4.69, 9.17) is 10.5 Å². The van der Waals surface area contributed by atoms with Crippen LogP contribution < -0.4 is 10.5 Å². The Morgan fingerprint density at radius 1 is 0.885 bits per heavy atom. The summed E-state index contributed by atoms with van der Waals surface area (Å²) in [4.78, 5) is 0. The Balaban J connectivity index is 1.56. The average molecular weight is 361 g/mol. The summed E-state index contributed by atoms with van der Waals surface area (Å²) < 4.78 is 5.81. The van der Waals surface area contributed by atoms with Crippen LogP contribution in [0.2, 0.25) is 0 Å². The van der Waals surface area contributed by atoms with Crippen molar-refractivity contribution in [2.75, 3.05) is 0 Å². The monoisotopic (exact) mass is 361 g/mol. The Labute approximate surface area is 157 Å².